The van der Waals surface area contributed by atoms with E-state index >= 15 is 0 Å². The number of aliphatic hydroxyl groups excluding tert-OH is 7. The van der Waals surface area contributed by atoms with Crippen molar-refractivity contribution >= 4 is 0 Å². The molecule has 23 heavy (non-hydrogen) atoms. The molecule has 0 aliphatic carbocycles. The molecule has 8 N–H and O–H groups in total. The summed E-state index contributed by atoms with van der Waals surface area (Å²) in [5, 5.41) is 76.8. The summed E-state index contributed by atoms with van der Waals surface area (Å²) in [5.74, 6) is -4.54. The Morgan fingerprint density at radius 2 is 1.61 bits per heavy atom. The maximum Gasteiger partial charge on any atom is 0.222 e. The second kappa shape index (κ2) is 6.82. The number of hydrogen-bond donors (Lipinski definition) is 8. The lowest BCUT2D eigenvalue weighted by Gasteiger charge is -2.44. The molecule has 2 fully saturated rings. The highest BCUT2D eigenvalue weighted by Crippen LogP contribution is 2.36. The third-order valence-corrected chi connectivity index (χ3v) is 4.15. The van der Waals surface area contributed by atoms with Crippen molar-refractivity contribution in [1.29, 1.82) is 0 Å². The maximum atomic E-state index is 10.00. The van der Waals surface area contributed by atoms with Gasteiger partial charge in [-0.25, -0.2) is 0 Å². The van der Waals surface area contributed by atoms with Crippen molar-refractivity contribution in [2.45, 2.75) is 48.2 Å². The lowest BCUT2D eigenvalue weighted by atomic mass is 9.96. The van der Waals surface area contributed by atoms with E-state index in [2.05, 4.69) is 0 Å². The van der Waals surface area contributed by atoms with E-state index in [9.17, 15) is 30.6 Å². The zero-order valence-corrected chi connectivity index (χ0v) is 12.1. The zero-order chi connectivity index (χ0) is 17.4. The minimum atomic E-state index is -2.38. The van der Waals surface area contributed by atoms with E-state index in [0.29, 0.717) is 0 Å². The summed E-state index contributed by atoms with van der Waals surface area (Å²) in [6, 6.07) is 0. The van der Waals surface area contributed by atoms with Crippen LogP contribution in [0.4, 0.5) is 0 Å². The van der Waals surface area contributed by atoms with Gasteiger partial charge in [0.2, 0.25) is 11.6 Å². The largest absolute Gasteiger partial charge is 0.394 e. The van der Waals surface area contributed by atoms with Crippen molar-refractivity contribution in [2.24, 2.45) is 0 Å². The molecule has 0 spiro atoms. The number of hydrogen-bond acceptors (Lipinski definition) is 11. The Labute approximate surface area is 130 Å². The highest BCUT2D eigenvalue weighted by molar-refractivity contribution is 4.99. The molecule has 0 aromatic heterocycles. The summed E-state index contributed by atoms with van der Waals surface area (Å²) in [6.45, 7) is -3.06. The van der Waals surface area contributed by atoms with E-state index in [1.165, 1.54) is 0 Å². The van der Waals surface area contributed by atoms with Gasteiger partial charge in [0, 0.05) is 0 Å². The van der Waals surface area contributed by atoms with Crippen LogP contribution in [0.3, 0.4) is 0 Å². The second-order valence-corrected chi connectivity index (χ2v) is 5.65. The normalized spacial score (nSPS) is 51.1. The average Bonchev–Trinajstić information content (AvgIpc) is 2.80. The first kappa shape index (κ1) is 18.9. The number of ether oxygens (including phenoxy) is 3. The smallest absolute Gasteiger partial charge is 0.222 e. The molecule has 2 aliphatic rings. The molecular weight excluding hydrogens is 320 g/mol. The van der Waals surface area contributed by atoms with Crippen molar-refractivity contribution in [3.05, 3.63) is 0 Å². The van der Waals surface area contributed by atoms with E-state index in [-0.39, 0.29) is 0 Å². The van der Waals surface area contributed by atoms with Crippen LogP contribution in [-0.4, -0.2) is 115 Å². The molecule has 2 saturated heterocycles. The van der Waals surface area contributed by atoms with Gasteiger partial charge >= 0.3 is 0 Å². The first-order chi connectivity index (χ1) is 10.7. The fourth-order valence-corrected chi connectivity index (χ4v) is 2.65. The van der Waals surface area contributed by atoms with Crippen LogP contribution < -0.4 is 0 Å². The fraction of sp³-hybridized carbons (Fsp3) is 1.00. The molecule has 2 aliphatic heterocycles. The minimum absolute atomic E-state index is 0.507. The van der Waals surface area contributed by atoms with Gasteiger partial charge in [-0.3, -0.25) is 0 Å². The highest BCUT2D eigenvalue weighted by atomic mass is 16.8. The van der Waals surface area contributed by atoms with E-state index in [4.69, 9.17) is 24.4 Å². The highest BCUT2D eigenvalue weighted by Gasteiger charge is 2.58. The van der Waals surface area contributed by atoms with Crippen LogP contribution in [0.5, 0.6) is 0 Å². The van der Waals surface area contributed by atoms with Gasteiger partial charge in [0.1, 0.15) is 43.2 Å². The van der Waals surface area contributed by atoms with Crippen LogP contribution in [0.25, 0.3) is 0 Å². The first-order valence-electron chi connectivity index (χ1n) is 7.01. The molecule has 2 rings (SSSR count). The SMILES string of the molecule is OC[C@H]1O[C@@](CO)(O[C@@H]2CO[C@@](O)(CO)[C@@H](O)[C@@H]2O)[C@@H](O)[C@@H]1O. The minimum Gasteiger partial charge on any atom is -0.394 e. The summed E-state index contributed by atoms with van der Waals surface area (Å²) in [6.07, 6.45) is -9.55. The zero-order valence-electron chi connectivity index (χ0n) is 12.1. The summed E-state index contributed by atoms with van der Waals surface area (Å²) in [7, 11) is 0. The van der Waals surface area contributed by atoms with Gasteiger partial charge in [-0.15, -0.1) is 0 Å². The third kappa shape index (κ3) is 3.10. The van der Waals surface area contributed by atoms with E-state index in [1.807, 2.05) is 0 Å². The third-order valence-electron chi connectivity index (χ3n) is 4.15. The quantitative estimate of drug-likeness (QED) is 0.238. The van der Waals surface area contributed by atoms with Crippen molar-refractivity contribution in [3.8, 4) is 0 Å². The lowest BCUT2D eigenvalue weighted by Crippen LogP contribution is -2.65. The molecule has 0 aromatic rings. The summed E-state index contributed by atoms with van der Waals surface area (Å²) in [5.41, 5.74) is 0. The molecule has 2 heterocycles. The molecule has 8 atom stereocenters. The van der Waals surface area contributed by atoms with E-state index < -0.39 is 74.6 Å². The molecular formula is C12H22O11. The topological polar surface area (TPSA) is 190 Å². The monoisotopic (exact) mass is 342 g/mol. The molecule has 0 amide bonds. The van der Waals surface area contributed by atoms with Gasteiger partial charge < -0.3 is 55.1 Å². The Kier molecular flexibility index (Phi) is 5.60. The summed E-state index contributed by atoms with van der Waals surface area (Å²) < 4.78 is 15.3. The van der Waals surface area contributed by atoms with Crippen LogP contribution in [0.2, 0.25) is 0 Å². The van der Waals surface area contributed by atoms with Crippen molar-refractivity contribution in [2.75, 3.05) is 26.4 Å². The van der Waals surface area contributed by atoms with Crippen LogP contribution in [-0.2, 0) is 14.2 Å². The molecule has 136 valence electrons. The van der Waals surface area contributed by atoms with Gasteiger partial charge in [0.15, 0.2) is 0 Å². The van der Waals surface area contributed by atoms with Crippen LogP contribution in [0, 0.1) is 0 Å². The Hall–Kier alpha value is -0.440. The number of aliphatic hydroxyl groups is 8. The Morgan fingerprint density at radius 3 is 2.09 bits per heavy atom. The summed E-state index contributed by atoms with van der Waals surface area (Å²) >= 11 is 0. The fourth-order valence-electron chi connectivity index (χ4n) is 2.65. The molecule has 11 nitrogen and oxygen atoms in total. The van der Waals surface area contributed by atoms with Gasteiger partial charge in [-0.2, -0.15) is 0 Å². The van der Waals surface area contributed by atoms with Crippen molar-refractivity contribution in [3.63, 3.8) is 0 Å². The lowest BCUT2D eigenvalue weighted by molar-refractivity contribution is -0.371. The average molecular weight is 342 g/mol. The first-order valence-corrected chi connectivity index (χ1v) is 7.01. The molecule has 0 saturated carbocycles. The predicted octanol–water partition coefficient (Wildman–Crippen LogP) is -5.39. The van der Waals surface area contributed by atoms with E-state index in [1.54, 1.807) is 0 Å². The van der Waals surface area contributed by atoms with Crippen molar-refractivity contribution in [1.82, 2.24) is 0 Å². The summed E-state index contributed by atoms with van der Waals surface area (Å²) in [4.78, 5) is 0. The Balaban J connectivity index is 2.14. The van der Waals surface area contributed by atoms with Gasteiger partial charge in [0.25, 0.3) is 0 Å². The molecule has 0 radical (unpaired) electrons. The molecule has 0 aromatic carbocycles. The number of rotatable bonds is 5. The van der Waals surface area contributed by atoms with Crippen molar-refractivity contribution < 1.29 is 55.1 Å². The van der Waals surface area contributed by atoms with Crippen LogP contribution >= 0.6 is 0 Å². The maximum absolute atomic E-state index is 10.00. The van der Waals surface area contributed by atoms with E-state index in [0.717, 1.165) is 0 Å². The Bertz CT molecular complexity index is 408. The van der Waals surface area contributed by atoms with Crippen LogP contribution in [0.1, 0.15) is 0 Å². The molecule has 11 heteroatoms. The molecule has 0 bridgehead atoms. The van der Waals surface area contributed by atoms with Gasteiger partial charge in [0.05, 0.1) is 19.8 Å². The predicted molar refractivity (Wildman–Crippen MR) is 68.7 cm³/mol. The van der Waals surface area contributed by atoms with Gasteiger partial charge in [-0.05, 0) is 0 Å². The Morgan fingerprint density at radius 1 is 0.957 bits per heavy atom. The standard InChI is InChI=1S/C12H22O11/c13-1-5-7(16)10(19)12(4-15,22-5)23-6-2-21-11(20,3-14)9(18)8(6)17/h5-10,13-20H,1-4H2/t5-,6-,7-,8-,9+,10+,11+,12+/m1/s1. The second-order valence-electron chi connectivity index (χ2n) is 5.65. The van der Waals surface area contributed by atoms with Gasteiger partial charge in [-0.1, -0.05) is 0 Å². The molecule has 0 unspecified atom stereocenters. The van der Waals surface area contributed by atoms with Crippen LogP contribution in [0.15, 0.2) is 0 Å².